The lowest BCUT2D eigenvalue weighted by Gasteiger charge is -2.21. The van der Waals surface area contributed by atoms with E-state index >= 15 is 0 Å². The molecule has 0 spiro atoms. The molecule has 0 amide bonds. The lowest BCUT2D eigenvalue weighted by Crippen LogP contribution is -2.17. The summed E-state index contributed by atoms with van der Waals surface area (Å²) in [5, 5.41) is 20.5. The number of ether oxygens (including phenoxy) is 1. The minimum atomic E-state index is -0.803. The number of nitro benzene ring substituents is 1. The molecule has 102 valence electrons. The van der Waals surface area contributed by atoms with Crippen LogP contribution >= 0.6 is 0 Å². The number of nitro groups is 1. The van der Waals surface area contributed by atoms with Crippen LogP contribution in [0, 0.1) is 10.1 Å². The summed E-state index contributed by atoms with van der Waals surface area (Å²) >= 11 is 0. The van der Waals surface area contributed by atoms with Gasteiger partial charge in [0, 0.05) is 17.7 Å². The number of hydrogen-bond acceptors (Lipinski definition) is 4. The molecule has 1 N–H and O–H groups in total. The molecule has 2 atom stereocenters. The predicted octanol–water partition coefficient (Wildman–Crippen LogP) is 3.14. The van der Waals surface area contributed by atoms with Gasteiger partial charge in [-0.15, -0.1) is 0 Å². The van der Waals surface area contributed by atoms with E-state index in [1.807, 2.05) is 6.08 Å². The van der Waals surface area contributed by atoms with Crippen LogP contribution in [-0.4, -0.2) is 16.1 Å². The third-order valence-corrected chi connectivity index (χ3v) is 3.14. The summed E-state index contributed by atoms with van der Waals surface area (Å²) in [6.07, 6.45) is 6.29. The smallest absolute Gasteiger partial charge is 0.270 e. The third-order valence-electron chi connectivity index (χ3n) is 3.14. The Morgan fingerprint density at radius 1 is 1.53 bits per heavy atom. The second-order valence-corrected chi connectivity index (χ2v) is 4.67. The molecule has 19 heavy (non-hydrogen) atoms. The number of benzene rings is 1. The molecule has 2 rings (SSSR count). The molecular weight excluding hydrogens is 246 g/mol. The van der Waals surface area contributed by atoms with Gasteiger partial charge in [-0.3, -0.25) is 10.1 Å². The molecule has 1 aliphatic rings. The molecule has 0 heterocycles. The van der Waals surface area contributed by atoms with E-state index in [0.29, 0.717) is 11.3 Å². The summed E-state index contributed by atoms with van der Waals surface area (Å²) in [7, 11) is 0. The maximum Gasteiger partial charge on any atom is 0.270 e. The largest absolute Gasteiger partial charge is 0.486 e. The van der Waals surface area contributed by atoms with Crippen LogP contribution in [0.2, 0.25) is 0 Å². The zero-order chi connectivity index (χ0) is 13.8. The maximum atomic E-state index is 10.7. The van der Waals surface area contributed by atoms with Crippen molar-refractivity contribution in [1.82, 2.24) is 0 Å². The van der Waals surface area contributed by atoms with Gasteiger partial charge in [0.2, 0.25) is 0 Å². The van der Waals surface area contributed by atoms with Crippen LogP contribution in [0.15, 0.2) is 30.4 Å². The Balaban J connectivity index is 2.25. The fraction of sp³-hybridized carbons (Fsp3) is 0.429. The van der Waals surface area contributed by atoms with E-state index < -0.39 is 11.0 Å². The Kier molecular flexibility index (Phi) is 4.16. The Bertz CT molecular complexity index is 496. The summed E-state index contributed by atoms with van der Waals surface area (Å²) < 4.78 is 5.81. The molecule has 1 aromatic carbocycles. The van der Waals surface area contributed by atoms with Gasteiger partial charge in [-0.05, 0) is 38.3 Å². The average molecular weight is 263 g/mol. The Hall–Kier alpha value is -1.88. The van der Waals surface area contributed by atoms with Crippen LogP contribution in [0.5, 0.6) is 5.75 Å². The SMILES string of the molecule is CC(O)c1cc([N+](=O)[O-])ccc1OC1C=CCCC1. The van der Waals surface area contributed by atoms with Crippen molar-refractivity contribution in [2.75, 3.05) is 0 Å². The normalized spacial score (nSPS) is 20.0. The van der Waals surface area contributed by atoms with Crippen LogP contribution in [0.1, 0.15) is 37.9 Å². The molecule has 0 saturated carbocycles. The first-order valence-corrected chi connectivity index (χ1v) is 6.37. The fourth-order valence-electron chi connectivity index (χ4n) is 2.13. The molecule has 0 bridgehead atoms. The van der Waals surface area contributed by atoms with Crippen LogP contribution in [0.4, 0.5) is 5.69 Å². The van der Waals surface area contributed by atoms with Crippen molar-refractivity contribution < 1.29 is 14.8 Å². The van der Waals surface area contributed by atoms with Gasteiger partial charge >= 0.3 is 0 Å². The first kappa shape index (κ1) is 13.5. The molecule has 2 unspecified atom stereocenters. The third kappa shape index (κ3) is 3.32. The monoisotopic (exact) mass is 263 g/mol. The van der Waals surface area contributed by atoms with Crippen molar-refractivity contribution in [1.29, 1.82) is 0 Å². The molecule has 0 fully saturated rings. The Labute approximate surface area is 111 Å². The number of nitrogens with zero attached hydrogens (tertiary/aromatic N) is 1. The molecule has 0 saturated heterocycles. The highest BCUT2D eigenvalue weighted by Gasteiger charge is 2.18. The van der Waals surface area contributed by atoms with Crippen LogP contribution < -0.4 is 4.74 Å². The van der Waals surface area contributed by atoms with Crippen molar-refractivity contribution >= 4 is 5.69 Å². The summed E-state index contributed by atoms with van der Waals surface area (Å²) in [6.45, 7) is 1.57. The van der Waals surface area contributed by atoms with Gasteiger partial charge in [0.1, 0.15) is 11.9 Å². The number of aliphatic hydroxyl groups excluding tert-OH is 1. The standard InChI is InChI=1S/C14H17NO4/c1-10(16)13-9-11(15(17)18)7-8-14(13)19-12-5-3-2-4-6-12/h3,5,7-10,12,16H,2,4,6H2,1H3. The van der Waals surface area contributed by atoms with Gasteiger partial charge in [0.25, 0.3) is 5.69 Å². The lowest BCUT2D eigenvalue weighted by atomic mass is 10.0. The summed E-state index contributed by atoms with van der Waals surface area (Å²) in [4.78, 5) is 10.3. The van der Waals surface area contributed by atoms with E-state index in [0.717, 1.165) is 19.3 Å². The molecule has 1 aromatic rings. The van der Waals surface area contributed by atoms with E-state index in [4.69, 9.17) is 4.74 Å². The van der Waals surface area contributed by atoms with Gasteiger partial charge in [-0.25, -0.2) is 0 Å². The number of non-ortho nitro benzene ring substituents is 1. The minimum Gasteiger partial charge on any atom is -0.486 e. The Morgan fingerprint density at radius 3 is 2.89 bits per heavy atom. The number of rotatable bonds is 4. The van der Waals surface area contributed by atoms with E-state index in [1.54, 1.807) is 13.0 Å². The molecule has 0 aliphatic heterocycles. The molecular formula is C14H17NO4. The lowest BCUT2D eigenvalue weighted by molar-refractivity contribution is -0.385. The van der Waals surface area contributed by atoms with Gasteiger partial charge in [0.15, 0.2) is 0 Å². The van der Waals surface area contributed by atoms with Crippen molar-refractivity contribution in [2.24, 2.45) is 0 Å². The van der Waals surface area contributed by atoms with Crippen LogP contribution in [0.25, 0.3) is 0 Å². The Morgan fingerprint density at radius 2 is 2.32 bits per heavy atom. The summed E-state index contributed by atoms with van der Waals surface area (Å²) in [5.41, 5.74) is 0.413. The van der Waals surface area contributed by atoms with E-state index in [-0.39, 0.29) is 11.8 Å². The van der Waals surface area contributed by atoms with Crippen molar-refractivity contribution in [2.45, 2.75) is 38.4 Å². The second-order valence-electron chi connectivity index (χ2n) is 4.67. The first-order valence-electron chi connectivity index (χ1n) is 6.37. The van der Waals surface area contributed by atoms with Gasteiger partial charge in [0.05, 0.1) is 11.0 Å². The van der Waals surface area contributed by atoms with Crippen molar-refractivity contribution in [3.8, 4) is 5.75 Å². The number of aliphatic hydroxyl groups is 1. The average Bonchev–Trinajstić information content (AvgIpc) is 2.39. The molecule has 0 aromatic heterocycles. The van der Waals surface area contributed by atoms with Gasteiger partial charge < -0.3 is 9.84 Å². The van der Waals surface area contributed by atoms with Crippen LogP contribution in [0.3, 0.4) is 0 Å². The van der Waals surface area contributed by atoms with E-state index in [9.17, 15) is 15.2 Å². The molecule has 5 heteroatoms. The summed E-state index contributed by atoms with van der Waals surface area (Å²) in [5.74, 6) is 0.511. The molecule has 0 radical (unpaired) electrons. The number of hydrogen-bond donors (Lipinski definition) is 1. The minimum absolute atomic E-state index is 0.0206. The van der Waals surface area contributed by atoms with Gasteiger partial charge in [-0.1, -0.05) is 6.08 Å². The second kappa shape index (κ2) is 5.84. The highest BCUT2D eigenvalue weighted by Crippen LogP contribution is 2.31. The predicted molar refractivity (Wildman–Crippen MR) is 71.1 cm³/mol. The zero-order valence-corrected chi connectivity index (χ0v) is 10.8. The fourth-order valence-corrected chi connectivity index (χ4v) is 2.13. The first-order chi connectivity index (χ1) is 9.08. The quantitative estimate of drug-likeness (QED) is 0.514. The summed E-state index contributed by atoms with van der Waals surface area (Å²) in [6, 6.07) is 4.32. The maximum absolute atomic E-state index is 10.7. The van der Waals surface area contributed by atoms with Crippen molar-refractivity contribution in [3.05, 3.63) is 46.0 Å². The molecule has 1 aliphatic carbocycles. The van der Waals surface area contributed by atoms with Crippen LogP contribution in [-0.2, 0) is 0 Å². The van der Waals surface area contributed by atoms with E-state index in [2.05, 4.69) is 6.08 Å². The molecule has 5 nitrogen and oxygen atoms in total. The van der Waals surface area contributed by atoms with E-state index in [1.165, 1.54) is 12.1 Å². The van der Waals surface area contributed by atoms with Gasteiger partial charge in [-0.2, -0.15) is 0 Å². The topological polar surface area (TPSA) is 72.6 Å². The zero-order valence-electron chi connectivity index (χ0n) is 10.8. The number of allylic oxidation sites excluding steroid dienone is 1. The highest BCUT2D eigenvalue weighted by atomic mass is 16.6. The highest BCUT2D eigenvalue weighted by molar-refractivity contribution is 5.45. The van der Waals surface area contributed by atoms with Crippen molar-refractivity contribution in [3.63, 3.8) is 0 Å².